The third-order valence-electron chi connectivity index (χ3n) is 4.38. The Morgan fingerprint density at radius 2 is 1.65 bits per heavy atom. The lowest BCUT2D eigenvalue weighted by atomic mass is 9.90. The van der Waals surface area contributed by atoms with Gasteiger partial charge in [0, 0.05) is 24.5 Å². The van der Waals surface area contributed by atoms with Crippen molar-refractivity contribution in [2.24, 2.45) is 5.92 Å². The fraction of sp³-hybridized carbons (Fsp3) is 0.444. The van der Waals surface area contributed by atoms with E-state index in [1.807, 2.05) is 19.9 Å². The summed E-state index contributed by atoms with van der Waals surface area (Å²) in [5.41, 5.74) is 2.83. The van der Waals surface area contributed by atoms with Crippen LogP contribution in [0.4, 0.5) is 14.7 Å². The van der Waals surface area contributed by atoms with Crippen molar-refractivity contribution in [2.45, 2.75) is 33.1 Å². The van der Waals surface area contributed by atoms with Gasteiger partial charge in [0.25, 0.3) is 0 Å². The predicted octanol–water partition coefficient (Wildman–Crippen LogP) is 3.83. The van der Waals surface area contributed by atoms with Gasteiger partial charge in [0.2, 0.25) is 5.95 Å². The lowest BCUT2D eigenvalue weighted by molar-refractivity contribution is 0.399. The van der Waals surface area contributed by atoms with Gasteiger partial charge < -0.3 is 4.90 Å². The molecule has 0 aliphatic carbocycles. The summed E-state index contributed by atoms with van der Waals surface area (Å²) in [6.45, 7) is 5.76. The molecule has 23 heavy (non-hydrogen) atoms. The standard InChI is InChI=1S/C18H21F2N3/c1-12-9-13(2)22-18(21-12)23-7-5-14(6-8-23)10-15-3-4-16(19)17(20)11-15/h3-4,9,11,14H,5-8,10H2,1-2H3. The number of rotatable bonds is 3. The van der Waals surface area contributed by atoms with Crippen molar-refractivity contribution in [3.63, 3.8) is 0 Å². The van der Waals surface area contributed by atoms with Crippen molar-refractivity contribution < 1.29 is 8.78 Å². The third-order valence-corrected chi connectivity index (χ3v) is 4.38. The van der Waals surface area contributed by atoms with Crippen LogP contribution in [0.1, 0.15) is 29.8 Å². The Kier molecular flexibility index (Phi) is 4.55. The first-order chi connectivity index (χ1) is 11.0. The summed E-state index contributed by atoms with van der Waals surface area (Å²) in [6.07, 6.45) is 2.81. The van der Waals surface area contributed by atoms with E-state index in [-0.39, 0.29) is 0 Å². The Morgan fingerprint density at radius 3 is 2.26 bits per heavy atom. The average molecular weight is 317 g/mol. The molecule has 0 N–H and O–H groups in total. The summed E-state index contributed by atoms with van der Waals surface area (Å²) < 4.78 is 26.3. The van der Waals surface area contributed by atoms with Crippen molar-refractivity contribution in [1.82, 2.24) is 9.97 Å². The molecule has 1 aliphatic heterocycles. The Labute approximate surface area is 135 Å². The molecule has 0 amide bonds. The Bertz CT molecular complexity index is 674. The number of piperidine rings is 1. The summed E-state index contributed by atoms with van der Waals surface area (Å²) in [7, 11) is 0. The summed E-state index contributed by atoms with van der Waals surface area (Å²) >= 11 is 0. The van der Waals surface area contributed by atoms with Gasteiger partial charge in [0.15, 0.2) is 11.6 Å². The van der Waals surface area contributed by atoms with Crippen LogP contribution in [0.2, 0.25) is 0 Å². The van der Waals surface area contributed by atoms with Crippen molar-refractivity contribution in [1.29, 1.82) is 0 Å². The number of halogens is 2. The second kappa shape index (κ2) is 6.60. The average Bonchev–Trinajstić information content (AvgIpc) is 2.51. The van der Waals surface area contributed by atoms with Crippen LogP contribution in [0.15, 0.2) is 24.3 Å². The number of hydrogen-bond acceptors (Lipinski definition) is 3. The van der Waals surface area contributed by atoms with Gasteiger partial charge in [-0.15, -0.1) is 0 Å². The highest BCUT2D eigenvalue weighted by Gasteiger charge is 2.21. The van der Waals surface area contributed by atoms with E-state index in [9.17, 15) is 8.78 Å². The molecule has 0 spiro atoms. The van der Waals surface area contributed by atoms with E-state index in [1.54, 1.807) is 6.07 Å². The molecule has 1 fully saturated rings. The summed E-state index contributed by atoms with van der Waals surface area (Å²) in [5, 5.41) is 0. The SMILES string of the molecule is Cc1cc(C)nc(N2CCC(Cc3ccc(F)c(F)c3)CC2)n1. The zero-order valence-electron chi connectivity index (χ0n) is 13.5. The minimum absolute atomic E-state index is 0.488. The van der Waals surface area contributed by atoms with Crippen molar-refractivity contribution in [3.8, 4) is 0 Å². The maximum Gasteiger partial charge on any atom is 0.225 e. The van der Waals surface area contributed by atoms with E-state index in [2.05, 4.69) is 14.9 Å². The fourth-order valence-electron chi connectivity index (χ4n) is 3.19. The molecule has 1 aromatic carbocycles. The highest BCUT2D eigenvalue weighted by atomic mass is 19.2. The van der Waals surface area contributed by atoms with Gasteiger partial charge >= 0.3 is 0 Å². The highest BCUT2D eigenvalue weighted by molar-refractivity contribution is 5.32. The number of benzene rings is 1. The highest BCUT2D eigenvalue weighted by Crippen LogP contribution is 2.24. The van der Waals surface area contributed by atoms with E-state index in [4.69, 9.17) is 0 Å². The Morgan fingerprint density at radius 1 is 1.00 bits per heavy atom. The smallest absolute Gasteiger partial charge is 0.225 e. The maximum absolute atomic E-state index is 13.3. The summed E-state index contributed by atoms with van der Waals surface area (Å²) in [6, 6.07) is 6.18. The van der Waals surface area contributed by atoms with Gasteiger partial charge in [-0.05, 0) is 62.8 Å². The first-order valence-electron chi connectivity index (χ1n) is 8.02. The lowest BCUT2D eigenvalue weighted by Crippen LogP contribution is -2.35. The van der Waals surface area contributed by atoms with Crippen LogP contribution in [-0.4, -0.2) is 23.1 Å². The summed E-state index contributed by atoms with van der Waals surface area (Å²) in [4.78, 5) is 11.2. The molecule has 2 heterocycles. The number of anilines is 1. The number of hydrogen-bond donors (Lipinski definition) is 0. The van der Waals surface area contributed by atoms with Crippen molar-refractivity contribution in [2.75, 3.05) is 18.0 Å². The first-order valence-corrected chi connectivity index (χ1v) is 8.02. The number of nitrogens with zero attached hydrogens (tertiary/aromatic N) is 3. The molecule has 1 aromatic heterocycles. The molecule has 1 saturated heterocycles. The van der Waals surface area contributed by atoms with Gasteiger partial charge in [-0.25, -0.2) is 18.7 Å². The van der Waals surface area contributed by atoms with Gasteiger partial charge in [-0.1, -0.05) is 6.07 Å². The number of aryl methyl sites for hydroxylation is 2. The van der Waals surface area contributed by atoms with Gasteiger partial charge in [0.05, 0.1) is 0 Å². The van der Waals surface area contributed by atoms with Crippen LogP contribution in [-0.2, 0) is 6.42 Å². The molecule has 1 aliphatic rings. The zero-order chi connectivity index (χ0) is 16.4. The molecule has 122 valence electrons. The van der Waals surface area contributed by atoms with Crippen LogP contribution in [0.5, 0.6) is 0 Å². The van der Waals surface area contributed by atoms with Crippen LogP contribution in [0.3, 0.4) is 0 Å². The van der Waals surface area contributed by atoms with Crippen LogP contribution in [0.25, 0.3) is 0 Å². The van der Waals surface area contributed by atoms with Gasteiger partial charge in [-0.2, -0.15) is 0 Å². The fourth-order valence-corrected chi connectivity index (χ4v) is 3.19. The summed E-state index contributed by atoms with van der Waals surface area (Å²) in [5.74, 6) is -0.255. The molecular weight excluding hydrogens is 296 g/mol. The quantitative estimate of drug-likeness (QED) is 0.861. The lowest BCUT2D eigenvalue weighted by Gasteiger charge is -2.32. The molecular formula is C18H21F2N3. The van der Waals surface area contributed by atoms with Crippen LogP contribution < -0.4 is 4.90 Å². The number of aromatic nitrogens is 2. The van der Waals surface area contributed by atoms with E-state index >= 15 is 0 Å². The topological polar surface area (TPSA) is 29.0 Å². The zero-order valence-corrected chi connectivity index (χ0v) is 13.5. The Balaban J connectivity index is 1.60. The van der Waals surface area contributed by atoms with Gasteiger partial charge in [0.1, 0.15) is 0 Å². The third kappa shape index (κ3) is 3.84. The van der Waals surface area contributed by atoms with Crippen LogP contribution in [0, 0.1) is 31.4 Å². The largest absolute Gasteiger partial charge is 0.341 e. The van der Waals surface area contributed by atoms with E-state index < -0.39 is 11.6 Å². The predicted molar refractivity (Wildman–Crippen MR) is 86.5 cm³/mol. The normalized spacial score (nSPS) is 15.9. The molecule has 0 saturated carbocycles. The van der Waals surface area contributed by atoms with E-state index in [1.165, 1.54) is 12.1 Å². The second-order valence-electron chi connectivity index (χ2n) is 6.33. The molecule has 0 radical (unpaired) electrons. The molecule has 2 aromatic rings. The molecule has 0 bridgehead atoms. The van der Waals surface area contributed by atoms with Crippen molar-refractivity contribution in [3.05, 3.63) is 52.9 Å². The van der Waals surface area contributed by atoms with Gasteiger partial charge in [-0.3, -0.25) is 0 Å². The minimum Gasteiger partial charge on any atom is -0.341 e. The van der Waals surface area contributed by atoms with E-state index in [0.717, 1.165) is 55.3 Å². The molecule has 0 unspecified atom stereocenters. The molecule has 3 rings (SSSR count). The van der Waals surface area contributed by atoms with Crippen LogP contribution >= 0.6 is 0 Å². The molecule has 3 nitrogen and oxygen atoms in total. The monoisotopic (exact) mass is 317 g/mol. The van der Waals surface area contributed by atoms with Crippen molar-refractivity contribution >= 4 is 5.95 Å². The minimum atomic E-state index is -0.782. The second-order valence-corrected chi connectivity index (χ2v) is 6.33. The first kappa shape index (κ1) is 15.8. The molecule has 0 atom stereocenters. The van der Waals surface area contributed by atoms with E-state index in [0.29, 0.717) is 5.92 Å². The molecule has 5 heteroatoms. The maximum atomic E-state index is 13.3. The Hall–Kier alpha value is -2.04.